The highest BCUT2D eigenvalue weighted by Crippen LogP contribution is 2.39. The molecule has 0 fully saturated rings. The molecule has 2 rings (SSSR count). The number of rotatable bonds is 3. The highest BCUT2D eigenvalue weighted by atomic mass is 16.3. The van der Waals surface area contributed by atoms with Gasteiger partial charge in [0.25, 0.3) is 0 Å². The van der Waals surface area contributed by atoms with E-state index in [1.807, 2.05) is 6.07 Å². The second kappa shape index (κ2) is 5.13. The van der Waals surface area contributed by atoms with Crippen molar-refractivity contribution in [1.29, 1.82) is 0 Å². The second-order valence-corrected chi connectivity index (χ2v) is 4.37. The predicted molar refractivity (Wildman–Crippen MR) is 74.0 cm³/mol. The van der Waals surface area contributed by atoms with Crippen LogP contribution in [0.25, 0.3) is 11.1 Å². The summed E-state index contributed by atoms with van der Waals surface area (Å²) in [4.78, 5) is 0. The van der Waals surface area contributed by atoms with Crippen molar-refractivity contribution in [1.82, 2.24) is 0 Å². The first-order valence-corrected chi connectivity index (χ1v) is 6.30. The van der Waals surface area contributed by atoms with Crippen molar-refractivity contribution in [3.63, 3.8) is 0 Å². The van der Waals surface area contributed by atoms with Crippen LogP contribution in [0.5, 0.6) is 11.5 Å². The van der Waals surface area contributed by atoms with Crippen molar-refractivity contribution in [2.75, 3.05) is 0 Å². The lowest BCUT2D eigenvalue weighted by Crippen LogP contribution is -1.91. The van der Waals surface area contributed by atoms with Crippen molar-refractivity contribution in [2.24, 2.45) is 0 Å². The van der Waals surface area contributed by atoms with Crippen molar-refractivity contribution in [3.05, 3.63) is 47.5 Å². The van der Waals surface area contributed by atoms with E-state index in [2.05, 4.69) is 26.0 Å². The van der Waals surface area contributed by atoms with Gasteiger partial charge in [-0.25, -0.2) is 0 Å². The molecule has 0 saturated carbocycles. The largest absolute Gasteiger partial charge is 0.507 e. The van der Waals surface area contributed by atoms with Gasteiger partial charge in [0.15, 0.2) is 0 Å². The van der Waals surface area contributed by atoms with Gasteiger partial charge in [-0.3, -0.25) is 0 Å². The molecule has 0 unspecified atom stereocenters. The molecule has 0 saturated heterocycles. The van der Waals surface area contributed by atoms with Gasteiger partial charge in [0.1, 0.15) is 11.5 Å². The van der Waals surface area contributed by atoms with Gasteiger partial charge in [0.05, 0.1) is 5.56 Å². The van der Waals surface area contributed by atoms with E-state index in [-0.39, 0.29) is 11.5 Å². The van der Waals surface area contributed by atoms with Crippen LogP contribution < -0.4 is 0 Å². The Morgan fingerprint density at radius 1 is 0.889 bits per heavy atom. The van der Waals surface area contributed by atoms with Gasteiger partial charge >= 0.3 is 0 Å². The second-order valence-electron chi connectivity index (χ2n) is 4.37. The Kier molecular flexibility index (Phi) is 3.56. The van der Waals surface area contributed by atoms with Gasteiger partial charge < -0.3 is 10.2 Å². The molecule has 0 aliphatic rings. The highest BCUT2D eigenvalue weighted by molar-refractivity contribution is 5.79. The average Bonchev–Trinajstić information content (AvgIpc) is 2.38. The third-order valence-corrected chi connectivity index (χ3v) is 3.25. The molecule has 2 nitrogen and oxygen atoms in total. The molecule has 0 radical (unpaired) electrons. The van der Waals surface area contributed by atoms with E-state index in [0.29, 0.717) is 5.56 Å². The minimum absolute atomic E-state index is 0.123. The normalized spacial score (nSPS) is 10.6. The average molecular weight is 242 g/mol. The van der Waals surface area contributed by atoms with Crippen LogP contribution in [0.1, 0.15) is 25.0 Å². The number of phenolic OH excluding ortho intramolecular Hbond substituents is 2. The summed E-state index contributed by atoms with van der Waals surface area (Å²) in [5.41, 5.74) is 3.78. The zero-order valence-electron chi connectivity index (χ0n) is 10.8. The molecule has 2 N–H and O–H groups in total. The summed E-state index contributed by atoms with van der Waals surface area (Å²) in [6, 6.07) is 11.1. The van der Waals surface area contributed by atoms with E-state index in [1.165, 1.54) is 5.56 Å². The minimum Gasteiger partial charge on any atom is -0.507 e. The Balaban J connectivity index is 2.68. The summed E-state index contributed by atoms with van der Waals surface area (Å²) >= 11 is 0. The number of benzene rings is 2. The van der Waals surface area contributed by atoms with Gasteiger partial charge in [0, 0.05) is 0 Å². The van der Waals surface area contributed by atoms with Crippen LogP contribution in [-0.4, -0.2) is 10.2 Å². The summed E-state index contributed by atoms with van der Waals surface area (Å²) in [7, 11) is 0. The summed E-state index contributed by atoms with van der Waals surface area (Å²) in [5.74, 6) is 0.246. The van der Waals surface area contributed by atoms with Crippen LogP contribution >= 0.6 is 0 Å². The summed E-state index contributed by atoms with van der Waals surface area (Å²) in [5, 5.41) is 19.9. The summed E-state index contributed by atoms with van der Waals surface area (Å²) in [6.07, 6.45) is 1.80. The zero-order chi connectivity index (χ0) is 13.1. The Morgan fingerprint density at radius 3 is 2.11 bits per heavy atom. The third-order valence-electron chi connectivity index (χ3n) is 3.25. The van der Waals surface area contributed by atoms with Crippen LogP contribution in [0.15, 0.2) is 36.4 Å². The van der Waals surface area contributed by atoms with E-state index in [4.69, 9.17) is 0 Å². The van der Waals surface area contributed by atoms with E-state index >= 15 is 0 Å². The number of hydrogen-bond donors (Lipinski definition) is 2. The van der Waals surface area contributed by atoms with Gasteiger partial charge in [-0.2, -0.15) is 0 Å². The van der Waals surface area contributed by atoms with Gasteiger partial charge in [-0.15, -0.1) is 0 Å². The Hall–Kier alpha value is -1.96. The fraction of sp³-hybridized carbons (Fsp3) is 0.250. The van der Waals surface area contributed by atoms with E-state index in [1.54, 1.807) is 18.2 Å². The molecule has 0 spiro atoms. The molecular weight excluding hydrogens is 224 g/mol. The van der Waals surface area contributed by atoms with E-state index in [9.17, 15) is 10.2 Å². The van der Waals surface area contributed by atoms with E-state index in [0.717, 1.165) is 24.0 Å². The maximum Gasteiger partial charge on any atom is 0.127 e. The highest BCUT2D eigenvalue weighted by Gasteiger charge is 2.13. The molecule has 0 bridgehead atoms. The molecule has 0 heterocycles. The maximum absolute atomic E-state index is 9.97. The molecule has 0 aromatic heterocycles. The lowest BCUT2D eigenvalue weighted by atomic mass is 9.94. The first-order valence-electron chi connectivity index (χ1n) is 6.30. The topological polar surface area (TPSA) is 40.5 Å². The maximum atomic E-state index is 9.97. The zero-order valence-corrected chi connectivity index (χ0v) is 10.8. The van der Waals surface area contributed by atoms with Gasteiger partial charge in [-0.05, 0) is 41.7 Å². The van der Waals surface area contributed by atoms with Crippen LogP contribution in [0, 0.1) is 0 Å². The smallest absolute Gasteiger partial charge is 0.127 e. The SMILES string of the molecule is CCc1ccc(CC)c(-c2c(O)cccc2O)c1. The molecule has 2 aromatic rings. The van der Waals surface area contributed by atoms with Crippen molar-refractivity contribution >= 4 is 0 Å². The Morgan fingerprint density at radius 2 is 1.56 bits per heavy atom. The number of phenols is 2. The number of hydrogen-bond acceptors (Lipinski definition) is 2. The Labute approximate surface area is 108 Å². The quantitative estimate of drug-likeness (QED) is 0.857. The fourth-order valence-electron chi connectivity index (χ4n) is 2.19. The third kappa shape index (κ3) is 2.19. The molecule has 0 atom stereocenters. The van der Waals surface area contributed by atoms with Crippen molar-refractivity contribution < 1.29 is 10.2 Å². The lowest BCUT2D eigenvalue weighted by Gasteiger charge is -2.13. The monoisotopic (exact) mass is 242 g/mol. The summed E-state index contributed by atoms with van der Waals surface area (Å²) < 4.78 is 0. The standard InChI is InChI=1S/C16H18O2/c1-3-11-8-9-12(4-2)13(10-11)16-14(17)6-5-7-15(16)18/h5-10,17-18H,3-4H2,1-2H3. The van der Waals surface area contributed by atoms with Crippen molar-refractivity contribution in [3.8, 4) is 22.6 Å². The van der Waals surface area contributed by atoms with Gasteiger partial charge in [-0.1, -0.05) is 38.1 Å². The molecule has 0 aliphatic heterocycles. The van der Waals surface area contributed by atoms with Crippen LogP contribution in [0.2, 0.25) is 0 Å². The first-order chi connectivity index (χ1) is 8.67. The minimum atomic E-state index is 0.123. The Bertz CT molecular complexity index is 539. The molecular formula is C16H18O2. The molecule has 0 amide bonds. The van der Waals surface area contributed by atoms with Crippen LogP contribution in [0.4, 0.5) is 0 Å². The van der Waals surface area contributed by atoms with Crippen molar-refractivity contribution in [2.45, 2.75) is 26.7 Å². The van der Waals surface area contributed by atoms with Gasteiger partial charge in [0.2, 0.25) is 0 Å². The lowest BCUT2D eigenvalue weighted by molar-refractivity contribution is 0.454. The predicted octanol–water partition coefficient (Wildman–Crippen LogP) is 3.89. The molecule has 94 valence electrons. The number of aryl methyl sites for hydroxylation is 2. The fourth-order valence-corrected chi connectivity index (χ4v) is 2.19. The first kappa shape index (κ1) is 12.5. The number of aromatic hydroxyl groups is 2. The van der Waals surface area contributed by atoms with Crippen LogP contribution in [0.3, 0.4) is 0 Å². The summed E-state index contributed by atoms with van der Waals surface area (Å²) in [6.45, 7) is 4.16. The molecule has 0 aliphatic carbocycles. The van der Waals surface area contributed by atoms with E-state index < -0.39 is 0 Å². The molecule has 18 heavy (non-hydrogen) atoms. The van der Waals surface area contributed by atoms with Crippen LogP contribution in [-0.2, 0) is 12.8 Å². The molecule has 2 heteroatoms. The molecule has 2 aromatic carbocycles.